The van der Waals surface area contributed by atoms with Gasteiger partial charge in [-0.3, -0.25) is 0 Å². The second kappa shape index (κ2) is 6.16. The van der Waals surface area contributed by atoms with Crippen molar-refractivity contribution in [1.29, 1.82) is 0 Å². The van der Waals surface area contributed by atoms with Crippen LogP contribution in [-0.4, -0.2) is 6.61 Å². The first-order valence-electron chi connectivity index (χ1n) is 3.74. The van der Waals surface area contributed by atoms with Gasteiger partial charge in [0.15, 0.2) is 0 Å². The molecule has 0 N–H and O–H groups in total. The molecule has 12 heavy (non-hydrogen) atoms. The van der Waals surface area contributed by atoms with Crippen LogP contribution in [0.15, 0.2) is 59.6 Å². The molecule has 2 rings (SSSR count). The summed E-state index contributed by atoms with van der Waals surface area (Å²) in [7, 11) is 0. The molecule has 2 heteroatoms. The van der Waals surface area contributed by atoms with Gasteiger partial charge in [-0.2, -0.15) is 0 Å². The van der Waals surface area contributed by atoms with Crippen molar-refractivity contribution in [3.05, 3.63) is 55.2 Å². The van der Waals surface area contributed by atoms with E-state index in [4.69, 9.17) is 4.74 Å². The van der Waals surface area contributed by atoms with Crippen LogP contribution in [0.4, 0.5) is 0 Å². The minimum Gasteiger partial charge on any atom is -0.497 e. The first-order chi connectivity index (χ1) is 6.00. The van der Waals surface area contributed by atoms with Crippen molar-refractivity contribution in [2.45, 2.75) is 0 Å². The molecule has 0 amide bonds. The molecular weight excluding hydrogens is 152 g/mol. The van der Waals surface area contributed by atoms with Crippen LogP contribution in [0.3, 0.4) is 0 Å². The third-order valence-electron chi connectivity index (χ3n) is 1.15. The van der Waals surface area contributed by atoms with Crippen molar-refractivity contribution >= 4 is 0 Å². The van der Waals surface area contributed by atoms with E-state index in [1.54, 1.807) is 18.8 Å². The van der Waals surface area contributed by atoms with Crippen LogP contribution in [0.25, 0.3) is 0 Å². The smallest absolute Gasteiger partial charge is 0.317 e. The number of hydrogen-bond donors (Lipinski definition) is 0. The lowest BCUT2D eigenvalue weighted by Gasteiger charge is -1.94. The van der Waals surface area contributed by atoms with Crippen LogP contribution in [0.1, 0.15) is 0 Å². The maximum Gasteiger partial charge on any atom is 0.317 e. The Morgan fingerprint density at radius 1 is 1.00 bits per heavy atom. The van der Waals surface area contributed by atoms with Crippen molar-refractivity contribution in [2.75, 3.05) is 6.61 Å². The lowest BCUT2D eigenvalue weighted by Crippen LogP contribution is -1.82. The molecule has 0 saturated heterocycles. The monoisotopic (exact) mass is 163 g/mol. The second-order valence-electron chi connectivity index (χ2n) is 2.08. The Balaban J connectivity index is 0.000000120. The van der Waals surface area contributed by atoms with E-state index in [0.29, 0.717) is 0 Å². The number of hydrogen-bond acceptors (Lipinski definition) is 1. The van der Waals surface area contributed by atoms with Crippen LogP contribution in [0.5, 0.6) is 0 Å². The van der Waals surface area contributed by atoms with Gasteiger partial charge in [-0.15, -0.1) is 0 Å². The Kier molecular flexibility index (Phi) is 4.38. The zero-order valence-corrected chi connectivity index (χ0v) is 6.72. The molecule has 0 unspecified atom stereocenters. The molecule has 0 aromatic carbocycles. The molecule has 1 aromatic heterocycles. The van der Waals surface area contributed by atoms with Crippen molar-refractivity contribution in [2.24, 2.45) is 0 Å². The number of ether oxygens (including phenoxy) is 1. The maximum atomic E-state index is 4.80. The summed E-state index contributed by atoms with van der Waals surface area (Å²) in [5, 5.41) is 0. The zero-order valence-electron chi connectivity index (χ0n) is 6.72. The summed E-state index contributed by atoms with van der Waals surface area (Å²) in [6.07, 6.45) is 10.7. The van der Waals surface area contributed by atoms with Gasteiger partial charge in [-0.1, -0.05) is 6.08 Å². The van der Waals surface area contributed by atoms with Gasteiger partial charge in [0.2, 0.25) is 0 Å². The van der Waals surface area contributed by atoms with Gasteiger partial charge >= 0.3 is 12.5 Å². The van der Waals surface area contributed by atoms with Crippen LogP contribution in [-0.2, 0) is 4.74 Å². The molecule has 0 saturated carbocycles. The summed E-state index contributed by atoms with van der Waals surface area (Å²) in [5.74, 6) is 0. The van der Waals surface area contributed by atoms with E-state index in [1.807, 2.05) is 36.4 Å². The Morgan fingerprint density at radius 2 is 1.83 bits per heavy atom. The summed E-state index contributed by atoms with van der Waals surface area (Å²) < 4.78 is 9.48. The lowest BCUT2D eigenvalue weighted by molar-refractivity contribution is 0.286. The van der Waals surface area contributed by atoms with Gasteiger partial charge in [0.05, 0.1) is 6.26 Å². The first kappa shape index (κ1) is 8.53. The van der Waals surface area contributed by atoms with E-state index < -0.39 is 0 Å². The molecule has 1 aromatic rings. The minimum absolute atomic E-state index is 0.733. The molecule has 0 atom stereocenters. The second-order valence-corrected chi connectivity index (χ2v) is 2.08. The summed E-state index contributed by atoms with van der Waals surface area (Å²) in [4.78, 5) is 0. The van der Waals surface area contributed by atoms with Crippen LogP contribution in [0.2, 0.25) is 0 Å². The fourth-order valence-electron chi connectivity index (χ4n) is 0.637. The number of rotatable bonds is 0. The number of allylic oxidation sites excluding steroid dienone is 2. The van der Waals surface area contributed by atoms with Gasteiger partial charge in [-0.05, 0) is 18.2 Å². The van der Waals surface area contributed by atoms with Gasteiger partial charge in [0.25, 0.3) is 0 Å². The average Bonchev–Trinajstić information content (AvgIpc) is 2.24. The highest BCUT2D eigenvalue weighted by atomic mass is 16.5. The van der Waals surface area contributed by atoms with E-state index in [0.717, 1.165) is 6.61 Å². The van der Waals surface area contributed by atoms with E-state index in [1.165, 1.54) is 0 Å². The van der Waals surface area contributed by atoms with E-state index >= 15 is 0 Å². The summed E-state index contributed by atoms with van der Waals surface area (Å²) in [5.41, 5.74) is 0. The summed E-state index contributed by atoms with van der Waals surface area (Å²) in [6.45, 7) is 0.733. The van der Waals surface area contributed by atoms with E-state index in [9.17, 15) is 0 Å². The molecule has 62 valence electrons. The Labute approximate surface area is 71.8 Å². The molecule has 0 spiro atoms. The zero-order chi connectivity index (χ0) is 8.49. The standard InChI is InChI=1S/C5H6O.C5H5O/c2*1-2-4-6-5-3-1/h1-4H,5H2;1-5H/q;+1. The lowest BCUT2D eigenvalue weighted by atomic mass is 10.5. The van der Waals surface area contributed by atoms with Crippen molar-refractivity contribution in [3.8, 4) is 0 Å². The third-order valence-corrected chi connectivity index (χ3v) is 1.15. The van der Waals surface area contributed by atoms with Gasteiger partial charge < -0.3 is 4.74 Å². The molecule has 0 bridgehead atoms. The van der Waals surface area contributed by atoms with Crippen molar-refractivity contribution in [3.63, 3.8) is 0 Å². The highest BCUT2D eigenvalue weighted by Crippen LogP contribution is 1.87. The Bertz CT molecular complexity index is 201. The fraction of sp³-hybridized carbons (Fsp3) is 0.100. The van der Waals surface area contributed by atoms with E-state index in [2.05, 4.69) is 4.42 Å². The van der Waals surface area contributed by atoms with E-state index in [-0.39, 0.29) is 0 Å². The van der Waals surface area contributed by atoms with Crippen LogP contribution in [0, 0.1) is 0 Å². The maximum absolute atomic E-state index is 4.80. The first-order valence-corrected chi connectivity index (χ1v) is 3.74. The molecular formula is C10H11O2+. The third kappa shape index (κ3) is 4.28. The molecule has 1 aliphatic heterocycles. The Morgan fingerprint density at radius 3 is 2.00 bits per heavy atom. The Hall–Kier alpha value is -1.57. The van der Waals surface area contributed by atoms with Crippen molar-refractivity contribution in [1.82, 2.24) is 0 Å². The molecule has 0 radical (unpaired) electrons. The van der Waals surface area contributed by atoms with Crippen LogP contribution < -0.4 is 0 Å². The molecule has 2 nitrogen and oxygen atoms in total. The molecule has 0 fully saturated rings. The predicted molar refractivity (Wildman–Crippen MR) is 47.3 cm³/mol. The molecule has 1 aliphatic rings. The topological polar surface area (TPSA) is 20.5 Å². The largest absolute Gasteiger partial charge is 0.497 e. The summed E-state index contributed by atoms with van der Waals surface area (Å²) in [6, 6.07) is 5.57. The summed E-state index contributed by atoms with van der Waals surface area (Å²) >= 11 is 0. The quantitative estimate of drug-likeness (QED) is 0.548. The normalized spacial score (nSPS) is 12.7. The molecule has 2 heterocycles. The molecule has 0 aliphatic carbocycles. The average molecular weight is 163 g/mol. The van der Waals surface area contributed by atoms with Gasteiger partial charge in [-0.25, -0.2) is 4.42 Å². The fourth-order valence-corrected chi connectivity index (χ4v) is 0.637. The SMILES string of the molecule is C1=CCOC=C1.c1cc[o+]cc1. The van der Waals surface area contributed by atoms with Gasteiger partial charge in [0.1, 0.15) is 6.61 Å². The van der Waals surface area contributed by atoms with Crippen LogP contribution >= 0.6 is 0 Å². The highest BCUT2D eigenvalue weighted by Gasteiger charge is 1.75. The highest BCUT2D eigenvalue weighted by molar-refractivity contribution is 5.02. The van der Waals surface area contributed by atoms with Gasteiger partial charge in [0, 0.05) is 12.1 Å². The minimum atomic E-state index is 0.733. The predicted octanol–water partition coefficient (Wildman–Crippen LogP) is 2.65. The van der Waals surface area contributed by atoms with Crippen molar-refractivity contribution < 1.29 is 9.15 Å².